The van der Waals surface area contributed by atoms with Gasteiger partial charge in [0.1, 0.15) is 5.60 Å². The second-order valence-electron chi connectivity index (χ2n) is 7.31. The highest BCUT2D eigenvalue weighted by molar-refractivity contribution is 5.38. The van der Waals surface area contributed by atoms with Crippen LogP contribution in [0.4, 0.5) is 0 Å². The monoisotopic (exact) mass is 333 g/mol. The zero-order valence-electron chi connectivity index (χ0n) is 15.3. The van der Waals surface area contributed by atoms with Crippen LogP contribution in [0.5, 0.6) is 0 Å². The van der Waals surface area contributed by atoms with Crippen LogP contribution in [0.15, 0.2) is 30.3 Å². The molecule has 0 atom stereocenters. The Hall–Kier alpha value is -1.39. The van der Waals surface area contributed by atoms with Gasteiger partial charge >= 0.3 is 0 Å². The summed E-state index contributed by atoms with van der Waals surface area (Å²) in [6, 6.07) is 10.6. The summed E-state index contributed by atoms with van der Waals surface area (Å²) in [4.78, 5) is 13.0. The summed E-state index contributed by atoms with van der Waals surface area (Å²) in [5, 5.41) is 0. The largest absolute Gasteiger partial charge is 0.461 e. The predicted molar refractivity (Wildman–Crippen MR) is 95.9 cm³/mol. The molecule has 4 heteroatoms. The summed E-state index contributed by atoms with van der Waals surface area (Å²) in [5.41, 5.74) is 0.657. The molecule has 1 saturated heterocycles. The average Bonchev–Trinajstić information content (AvgIpc) is 2.57. The second kappa shape index (κ2) is 8.63. The molecule has 0 radical (unpaired) electrons. The molecule has 0 aliphatic carbocycles. The summed E-state index contributed by atoms with van der Waals surface area (Å²) in [6.45, 7) is 10.1. The molecule has 1 fully saturated rings. The van der Waals surface area contributed by atoms with Gasteiger partial charge in [-0.1, -0.05) is 43.7 Å². The summed E-state index contributed by atoms with van der Waals surface area (Å²) >= 11 is 0. The fourth-order valence-corrected chi connectivity index (χ4v) is 3.45. The number of hydrogen-bond acceptors (Lipinski definition) is 4. The lowest BCUT2D eigenvalue weighted by molar-refractivity contribution is -0.144. The molecule has 0 aromatic heterocycles. The fraction of sp³-hybridized carbons (Fsp3) is 0.650. The van der Waals surface area contributed by atoms with Crippen molar-refractivity contribution in [2.75, 3.05) is 26.2 Å². The molecule has 134 valence electrons. The number of carbonyl (C=O) groups excluding carboxylic acids is 1. The van der Waals surface area contributed by atoms with Crippen molar-refractivity contribution in [2.45, 2.75) is 57.7 Å². The van der Waals surface area contributed by atoms with Gasteiger partial charge in [-0.3, -0.25) is 9.69 Å². The third-order valence-electron chi connectivity index (χ3n) is 4.81. The number of hydrogen-bond donors (Lipinski definition) is 0. The number of unbranched alkanes of at least 4 members (excludes halogenated alkanes) is 1. The minimum atomic E-state index is -0.447. The van der Waals surface area contributed by atoms with Crippen molar-refractivity contribution in [3.05, 3.63) is 35.9 Å². The number of carbonyl (C=O) groups is 1. The van der Waals surface area contributed by atoms with Crippen LogP contribution in [0.2, 0.25) is 0 Å². The minimum absolute atomic E-state index is 0.178. The number of rotatable bonds is 9. The topological polar surface area (TPSA) is 38.8 Å². The zero-order chi connectivity index (χ0) is 17.5. The second-order valence-corrected chi connectivity index (χ2v) is 7.31. The van der Waals surface area contributed by atoms with Gasteiger partial charge in [-0.2, -0.15) is 0 Å². The van der Waals surface area contributed by atoms with Crippen molar-refractivity contribution in [1.82, 2.24) is 4.90 Å². The van der Waals surface area contributed by atoms with Crippen LogP contribution in [-0.2, 0) is 19.9 Å². The van der Waals surface area contributed by atoms with Gasteiger partial charge in [0.15, 0.2) is 0 Å². The maximum Gasteiger partial charge on any atom is 0.293 e. The van der Waals surface area contributed by atoms with Gasteiger partial charge in [0.2, 0.25) is 0 Å². The number of ether oxygens (including phenoxy) is 2. The lowest BCUT2D eigenvalue weighted by atomic mass is 9.83. The quantitative estimate of drug-likeness (QED) is 0.510. The van der Waals surface area contributed by atoms with Crippen molar-refractivity contribution in [3.63, 3.8) is 0 Å². The molecule has 0 amide bonds. The van der Waals surface area contributed by atoms with E-state index in [1.165, 1.54) is 5.56 Å². The van der Waals surface area contributed by atoms with Crippen molar-refractivity contribution < 1.29 is 14.3 Å². The van der Waals surface area contributed by atoms with Gasteiger partial charge in [0.05, 0.1) is 5.60 Å². The van der Waals surface area contributed by atoms with Crippen LogP contribution in [0.3, 0.4) is 0 Å². The SMILES string of the molecule is CCCCOC1(c2ccccc2)CCN(CC(C)(C)OC=O)CC1. The van der Waals surface area contributed by atoms with Gasteiger partial charge in [0.25, 0.3) is 6.47 Å². The molecule has 0 unspecified atom stereocenters. The van der Waals surface area contributed by atoms with Crippen LogP contribution < -0.4 is 0 Å². The Labute approximate surface area is 146 Å². The van der Waals surface area contributed by atoms with E-state index in [0.717, 1.165) is 51.9 Å². The number of nitrogens with zero attached hydrogens (tertiary/aromatic N) is 1. The Morgan fingerprint density at radius 2 is 1.88 bits per heavy atom. The van der Waals surface area contributed by atoms with Crippen molar-refractivity contribution in [2.24, 2.45) is 0 Å². The maximum atomic E-state index is 10.6. The number of piperidine rings is 1. The minimum Gasteiger partial charge on any atom is -0.461 e. The van der Waals surface area contributed by atoms with E-state index in [2.05, 4.69) is 42.2 Å². The summed E-state index contributed by atoms with van der Waals surface area (Å²) < 4.78 is 11.6. The summed E-state index contributed by atoms with van der Waals surface area (Å²) in [7, 11) is 0. The summed E-state index contributed by atoms with van der Waals surface area (Å²) in [5.74, 6) is 0. The lowest BCUT2D eigenvalue weighted by Gasteiger charge is -2.43. The van der Waals surface area contributed by atoms with E-state index in [1.807, 2.05) is 13.8 Å². The maximum absolute atomic E-state index is 10.6. The van der Waals surface area contributed by atoms with Gasteiger partial charge in [-0.05, 0) is 38.7 Å². The first-order valence-electron chi connectivity index (χ1n) is 9.05. The van der Waals surface area contributed by atoms with E-state index < -0.39 is 5.60 Å². The molecule has 24 heavy (non-hydrogen) atoms. The van der Waals surface area contributed by atoms with Crippen LogP contribution in [0, 0.1) is 0 Å². The zero-order valence-corrected chi connectivity index (χ0v) is 15.3. The highest BCUT2D eigenvalue weighted by Gasteiger charge is 2.38. The lowest BCUT2D eigenvalue weighted by Crippen LogP contribution is -2.49. The Kier molecular flexibility index (Phi) is 6.81. The average molecular weight is 333 g/mol. The molecule has 1 aliphatic rings. The third kappa shape index (κ3) is 5.05. The first-order chi connectivity index (χ1) is 11.5. The normalized spacial score (nSPS) is 18.3. The van der Waals surface area contributed by atoms with Crippen LogP contribution in [0.25, 0.3) is 0 Å². The third-order valence-corrected chi connectivity index (χ3v) is 4.81. The molecule has 0 bridgehead atoms. The van der Waals surface area contributed by atoms with Crippen LogP contribution in [0.1, 0.15) is 52.0 Å². The van der Waals surface area contributed by atoms with Gasteiger partial charge in [0, 0.05) is 26.2 Å². The van der Waals surface area contributed by atoms with Crippen molar-refractivity contribution in [1.29, 1.82) is 0 Å². The van der Waals surface area contributed by atoms with Gasteiger partial charge in [-0.25, -0.2) is 0 Å². The predicted octanol–water partition coefficient (Wildman–Crippen LogP) is 3.75. The standard InChI is InChI=1S/C20H31NO3/c1-4-5-15-23-20(18-9-7-6-8-10-18)11-13-21(14-12-20)16-19(2,3)24-17-22/h6-10,17H,4-5,11-16H2,1-3H3. The molecular weight excluding hydrogens is 302 g/mol. The van der Waals surface area contributed by atoms with E-state index >= 15 is 0 Å². The molecule has 0 N–H and O–H groups in total. The molecule has 1 aromatic carbocycles. The number of likely N-dealkylation sites (tertiary alicyclic amines) is 1. The summed E-state index contributed by atoms with van der Waals surface area (Å²) in [6.07, 6.45) is 4.18. The van der Waals surface area contributed by atoms with E-state index in [9.17, 15) is 4.79 Å². The molecule has 0 spiro atoms. The highest BCUT2D eigenvalue weighted by Crippen LogP contribution is 2.37. The van der Waals surface area contributed by atoms with E-state index in [0.29, 0.717) is 6.47 Å². The van der Waals surface area contributed by atoms with Crippen molar-refractivity contribution >= 4 is 6.47 Å². The Bertz CT molecular complexity index is 493. The molecule has 4 nitrogen and oxygen atoms in total. The number of benzene rings is 1. The molecule has 0 saturated carbocycles. The van der Waals surface area contributed by atoms with Gasteiger partial charge in [-0.15, -0.1) is 0 Å². The Morgan fingerprint density at radius 3 is 2.46 bits per heavy atom. The molecule has 2 rings (SSSR count). The molecule has 1 aliphatic heterocycles. The molecular formula is C20H31NO3. The van der Waals surface area contributed by atoms with E-state index in [-0.39, 0.29) is 5.60 Å². The van der Waals surface area contributed by atoms with Crippen LogP contribution >= 0.6 is 0 Å². The van der Waals surface area contributed by atoms with Crippen molar-refractivity contribution in [3.8, 4) is 0 Å². The Balaban J connectivity index is 2.03. The van der Waals surface area contributed by atoms with E-state index in [4.69, 9.17) is 9.47 Å². The fourth-order valence-electron chi connectivity index (χ4n) is 3.45. The van der Waals surface area contributed by atoms with Gasteiger partial charge < -0.3 is 9.47 Å². The molecule has 1 aromatic rings. The smallest absolute Gasteiger partial charge is 0.293 e. The first-order valence-corrected chi connectivity index (χ1v) is 9.05. The first kappa shape index (κ1) is 18.9. The molecule has 1 heterocycles. The Morgan fingerprint density at radius 1 is 1.21 bits per heavy atom. The van der Waals surface area contributed by atoms with Crippen LogP contribution in [-0.4, -0.2) is 43.2 Å². The highest BCUT2D eigenvalue weighted by atomic mass is 16.5. The van der Waals surface area contributed by atoms with E-state index in [1.54, 1.807) is 0 Å².